The van der Waals surface area contributed by atoms with Gasteiger partial charge >= 0.3 is 0 Å². The molecule has 0 saturated heterocycles. The number of hydrogen-bond donors (Lipinski definition) is 0. The highest BCUT2D eigenvalue weighted by Gasteiger charge is 2.19. The molecule has 0 radical (unpaired) electrons. The van der Waals surface area contributed by atoms with Gasteiger partial charge in [0, 0.05) is 13.1 Å². The average Bonchev–Trinajstić information content (AvgIpc) is 2.57. The van der Waals surface area contributed by atoms with Gasteiger partial charge in [-0.3, -0.25) is 4.90 Å². The molecule has 0 spiro atoms. The fraction of sp³-hybridized carbons (Fsp3) is 0.929. The Bertz CT molecular complexity index is 457. The number of tetrazole rings is 1. The van der Waals surface area contributed by atoms with Crippen LogP contribution >= 0.6 is 12.2 Å². The van der Waals surface area contributed by atoms with Gasteiger partial charge < -0.3 is 0 Å². The zero-order valence-electron chi connectivity index (χ0n) is 13.9. The first-order valence-electron chi connectivity index (χ1n) is 7.37. The number of rotatable bonds is 6. The largest absolute Gasteiger partial charge is 0.284 e. The third kappa shape index (κ3) is 4.98. The van der Waals surface area contributed by atoms with Crippen LogP contribution in [0.5, 0.6) is 0 Å². The maximum absolute atomic E-state index is 5.49. The molecule has 0 aliphatic rings. The smallest absolute Gasteiger partial charge is 0.217 e. The summed E-state index contributed by atoms with van der Waals surface area (Å²) < 4.78 is 4.33. The summed E-state index contributed by atoms with van der Waals surface area (Å²) in [6.07, 6.45) is 0. The summed E-state index contributed by atoms with van der Waals surface area (Å²) in [6, 6.07) is 0. The summed E-state index contributed by atoms with van der Waals surface area (Å²) >= 11 is 5.49. The van der Waals surface area contributed by atoms with E-state index in [9.17, 15) is 0 Å². The second-order valence-electron chi connectivity index (χ2n) is 7.31. The van der Waals surface area contributed by atoms with E-state index >= 15 is 0 Å². The van der Waals surface area contributed by atoms with Gasteiger partial charge in [0.05, 0.1) is 12.2 Å². The van der Waals surface area contributed by atoms with Gasteiger partial charge in [-0.15, -0.1) is 0 Å². The lowest BCUT2D eigenvalue weighted by atomic mass is 10.1. The summed E-state index contributed by atoms with van der Waals surface area (Å²) in [5, 5.41) is 8.42. The van der Waals surface area contributed by atoms with E-state index in [4.69, 9.17) is 12.2 Å². The first-order valence-corrected chi connectivity index (χ1v) is 7.77. The van der Waals surface area contributed by atoms with Crippen LogP contribution < -0.4 is 0 Å². The van der Waals surface area contributed by atoms with Crippen molar-refractivity contribution in [2.45, 2.75) is 60.7 Å². The molecule has 0 aliphatic carbocycles. The van der Waals surface area contributed by atoms with Gasteiger partial charge in [0.1, 0.15) is 0 Å². The average molecular weight is 299 g/mol. The second kappa shape index (κ2) is 6.80. The number of nitrogens with zero attached hydrogens (tertiary/aromatic N) is 5. The Balaban J connectivity index is 2.89. The third-order valence-corrected chi connectivity index (χ3v) is 3.24. The van der Waals surface area contributed by atoms with Crippen molar-refractivity contribution in [1.29, 1.82) is 0 Å². The van der Waals surface area contributed by atoms with E-state index < -0.39 is 0 Å². The van der Waals surface area contributed by atoms with Crippen LogP contribution in [0.15, 0.2) is 0 Å². The van der Waals surface area contributed by atoms with E-state index in [1.807, 2.05) is 9.36 Å². The lowest BCUT2D eigenvalue weighted by molar-refractivity contribution is 0.163. The highest BCUT2D eigenvalue weighted by molar-refractivity contribution is 7.71. The third-order valence-electron chi connectivity index (χ3n) is 2.86. The molecule has 0 aromatic carbocycles. The molecule has 20 heavy (non-hydrogen) atoms. The quantitative estimate of drug-likeness (QED) is 0.757. The van der Waals surface area contributed by atoms with Crippen molar-refractivity contribution in [3.63, 3.8) is 0 Å². The summed E-state index contributed by atoms with van der Waals surface area (Å²) in [5.74, 6) is 1.25. The van der Waals surface area contributed by atoms with Crippen LogP contribution in [0, 0.1) is 16.6 Å². The Kier molecular flexibility index (Phi) is 5.89. The Morgan fingerprint density at radius 2 is 1.55 bits per heavy atom. The minimum atomic E-state index is -0.129. The normalized spacial score (nSPS) is 12.9. The predicted octanol–water partition coefficient (Wildman–Crippen LogP) is 3.14. The van der Waals surface area contributed by atoms with E-state index in [0.717, 1.165) is 13.1 Å². The number of hydrogen-bond acceptors (Lipinski definition) is 4. The van der Waals surface area contributed by atoms with Crippen molar-refractivity contribution in [3.8, 4) is 0 Å². The van der Waals surface area contributed by atoms with Crippen molar-refractivity contribution in [3.05, 3.63) is 4.77 Å². The lowest BCUT2D eigenvalue weighted by Crippen LogP contribution is -2.34. The van der Waals surface area contributed by atoms with E-state index in [0.29, 0.717) is 23.3 Å². The van der Waals surface area contributed by atoms with Crippen molar-refractivity contribution < 1.29 is 0 Å². The molecule has 0 saturated carbocycles. The molecule has 5 nitrogen and oxygen atoms in total. The van der Waals surface area contributed by atoms with Crippen LogP contribution in [0.25, 0.3) is 0 Å². The van der Waals surface area contributed by atoms with Gasteiger partial charge in [0.15, 0.2) is 0 Å². The fourth-order valence-electron chi connectivity index (χ4n) is 2.20. The van der Waals surface area contributed by atoms with E-state index in [1.54, 1.807) is 0 Å². The molecule has 1 aromatic rings. The van der Waals surface area contributed by atoms with Crippen molar-refractivity contribution in [1.82, 2.24) is 24.7 Å². The molecule has 116 valence electrons. The zero-order chi connectivity index (χ0) is 15.5. The molecular formula is C14H29N5S. The minimum absolute atomic E-state index is 0.129. The van der Waals surface area contributed by atoms with E-state index in [2.05, 4.69) is 63.8 Å². The zero-order valence-corrected chi connectivity index (χ0v) is 14.7. The molecular weight excluding hydrogens is 270 g/mol. The van der Waals surface area contributed by atoms with E-state index in [1.165, 1.54) is 0 Å². The fourth-order valence-corrected chi connectivity index (χ4v) is 2.60. The van der Waals surface area contributed by atoms with Crippen LogP contribution in [0.4, 0.5) is 0 Å². The van der Waals surface area contributed by atoms with Crippen molar-refractivity contribution in [2.24, 2.45) is 11.8 Å². The highest BCUT2D eigenvalue weighted by Crippen LogP contribution is 2.12. The first kappa shape index (κ1) is 17.3. The SMILES string of the molecule is CC(C)CN(CC(C)C)Cn1nnn(C(C)(C)C)c1=S. The summed E-state index contributed by atoms with van der Waals surface area (Å²) in [6.45, 7) is 18.0. The topological polar surface area (TPSA) is 38.9 Å². The highest BCUT2D eigenvalue weighted by atomic mass is 32.1. The van der Waals surface area contributed by atoms with Crippen LogP contribution in [-0.2, 0) is 12.2 Å². The molecule has 6 heteroatoms. The summed E-state index contributed by atoms with van der Waals surface area (Å²) in [5.41, 5.74) is -0.129. The number of aromatic nitrogens is 4. The van der Waals surface area contributed by atoms with Crippen molar-refractivity contribution >= 4 is 12.2 Å². The standard InChI is InChI=1S/C14H29N5S/c1-11(2)8-17(9-12(3)4)10-18-13(20)19(16-15-18)14(5,6)7/h11-12H,8-10H2,1-7H3. The molecule has 0 bridgehead atoms. The molecule has 0 amide bonds. The van der Waals surface area contributed by atoms with Gasteiger partial charge in [-0.05, 0) is 55.3 Å². The van der Waals surface area contributed by atoms with Crippen LogP contribution in [0.1, 0.15) is 48.5 Å². The lowest BCUT2D eigenvalue weighted by Gasteiger charge is -2.25. The molecule has 1 aromatic heterocycles. The Labute approximate surface area is 127 Å². The first-order chi connectivity index (χ1) is 9.11. The maximum Gasteiger partial charge on any atom is 0.217 e. The summed E-state index contributed by atoms with van der Waals surface area (Å²) in [4.78, 5) is 2.40. The van der Waals surface area contributed by atoms with Crippen LogP contribution in [0.3, 0.4) is 0 Å². The van der Waals surface area contributed by atoms with Crippen molar-refractivity contribution in [2.75, 3.05) is 13.1 Å². The molecule has 0 aliphatic heterocycles. The maximum atomic E-state index is 5.49. The van der Waals surface area contributed by atoms with E-state index in [-0.39, 0.29) is 5.54 Å². The van der Waals surface area contributed by atoms with Crippen LogP contribution in [-0.4, -0.2) is 37.8 Å². The Morgan fingerprint density at radius 3 is 1.90 bits per heavy atom. The Hall–Kier alpha value is -0.750. The molecule has 1 rings (SSSR count). The van der Waals surface area contributed by atoms with Gasteiger partial charge in [0.25, 0.3) is 0 Å². The molecule has 0 fully saturated rings. The molecule has 0 atom stereocenters. The molecule has 0 N–H and O–H groups in total. The second-order valence-corrected chi connectivity index (χ2v) is 7.67. The van der Waals surface area contributed by atoms with Gasteiger partial charge in [-0.25, -0.2) is 9.36 Å². The van der Waals surface area contributed by atoms with Gasteiger partial charge in [-0.2, -0.15) is 0 Å². The summed E-state index contributed by atoms with van der Waals surface area (Å²) in [7, 11) is 0. The van der Waals surface area contributed by atoms with Crippen LogP contribution in [0.2, 0.25) is 0 Å². The minimum Gasteiger partial charge on any atom is -0.284 e. The predicted molar refractivity (Wildman–Crippen MR) is 85.1 cm³/mol. The van der Waals surface area contributed by atoms with Gasteiger partial charge in [0.2, 0.25) is 4.77 Å². The monoisotopic (exact) mass is 299 g/mol. The Morgan fingerprint density at radius 1 is 1.05 bits per heavy atom. The molecule has 1 heterocycles. The molecule has 0 unspecified atom stereocenters. The van der Waals surface area contributed by atoms with Gasteiger partial charge in [-0.1, -0.05) is 27.7 Å².